The monoisotopic (exact) mass is 363 g/mol. The first kappa shape index (κ1) is 18.6. The van der Waals surface area contributed by atoms with Crippen molar-refractivity contribution in [1.82, 2.24) is 0 Å². The van der Waals surface area contributed by atoms with E-state index < -0.39 is 18.7 Å². The van der Waals surface area contributed by atoms with Gasteiger partial charge in [-0.3, -0.25) is 4.79 Å². The number of hydrogen-bond acceptors (Lipinski definition) is 4. The highest BCUT2D eigenvalue weighted by Crippen LogP contribution is 2.22. The molecule has 0 aliphatic carbocycles. The summed E-state index contributed by atoms with van der Waals surface area (Å²) >= 11 is 5.89. The first-order valence-electron chi connectivity index (χ1n) is 7.53. The molecule has 2 aromatic carbocycles. The molecule has 2 rings (SSSR count). The number of halogens is 1. The normalized spacial score (nSPS) is 11.5. The molecule has 0 spiro atoms. The third-order valence-electron chi connectivity index (χ3n) is 3.30. The van der Waals surface area contributed by atoms with Crippen molar-refractivity contribution in [2.45, 2.75) is 20.0 Å². The molecule has 7 heteroatoms. The Kier molecular flexibility index (Phi) is 6.25. The van der Waals surface area contributed by atoms with Crippen molar-refractivity contribution in [3.63, 3.8) is 0 Å². The van der Waals surface area contributed by atoms with Gasteiger partial charge in [0.2, 0.25) is 0 Å². The third kappa shape index (κ3) is 5.69. The molecule has 0 saturated carbocycles. The summed E-state index contributed by atoms with van der Waals surface area (Å²) in [7, 11) is 0. The number of benzene rings is 2. The lowest BCUT2D eigenvalue weighted by atomic mass is 10.2. The van der Waals surface area contributed by atoms with Gasteiger partial charge in [0.1, 0.15) is 11.5 Å². The lowest BCUT2D eigenvalue weighted by Gasteiger charge is -2.16. The number of amides is 1. The first-order valence-corrected chi connectivity index (χ1v) is 7.91. The van der Waals surface area contributed by atoms with Crippen LogP contribution in [0.3, 0.4) is 0 Å². The molecule has 0 aliphatic rings. The maximum absolute atomic E-state index is 12.3. The van der Waals surface area contributed by atoms with Crippen LogP contribution in [0.25, 0.3) is 0 Å². The summed E-state index contributed by atoms with van der Waals surface area (Å²) < 4.78 is 10.7. The number of rotatable bonds is 7. The van der Waals surface area contributed by atoms with Crippen LogP contribution in [0.2, 0.25) is 5.02 Å². The van der Waals surface area contributed by atoms with Crippen LogP contribution < -0.4 is 14.8 Å². The molecule has 1 amide bonds. The predicted molar refractivity (Wildman–Crippen MR) is 94.5 cm³/mol. The summed E-state index contributed by atoms with van der Waals surface area (Å²) in [5.41, 5.74) is 1.33. The van der Waals surface area contributed by atoms with Gasteiger partial charge in [0.25, 0.3) is 5.91 Å². The van der Waals surface area contributed by atoms with Gasteiger partial charge in [-0.25, -0.2) is 4.79 Å². The summed E-state index contributed by atoms with van der Waals surface area (Å²) in [6.45, 7) is 3.00. The number of carbonyl (C=O) groups is 2. The highest BCUT2D eigenvalue weighted by Gasteiger charge is 2.16. The Labute approximate surface area is 150 Å². The van der Waals surface area contributed by atoms with E-state index in [4.69, 9.17) is 26.2 Å². The maximum atomic E-state index is 12.3. The van der Waals surface area contributed by atoms with E-state index in [1.165, 1.54) is 0 Å². The van der Waals surface area contributed by atoms with Crippen molar-refractivity contribution in [2.24, 2.45) is 0 Å². The number of hydrogen-bond donors (Lipinski definition) is 2. The minimum Gasteiger partial charge on any atom is -0.482 e. The molecule has 1 unspecified atom stereocenters. The quantitative estimate of drug-likeness (QED) is 0.786. The molecule has 0 saturated heterocycles. The fraction of sp³-hybridized carbons (Fsp3) is 0.222. The SMILES string of the molecule is Cc1cc(OCC(=O)O)ccc1NC(=O)C(C)Oc1cccc(Cl)c1. The second-order valence-electron chi connectivity index (χ2n) is 5.37. The average molecular weight is 364 g/mol. The zero-order chi connectivity index (χ0) is 18.4. The highest BCUT2D eigenvalue weighted by molar-refractivity contribution is 6.30. The molecule has 25 heavy (non-hydrogen) atoms. The summed E-state index contributed by atoms with van der Waals surface area (Å²) in [6.07, 6.45) is -0.721. The Morgan fingerprint density at radius 2 is 1.96 bits per heavy atom. The Morgan fingerprint density at radius 3 is 2.60 bits per heavy atom. The van der Waals surface area contributed by atoms with Crippen LogP contribution in [0.15, 0.2) is 42.5 Å². The molecule has 132 valence electrons. The van der Waals surface area contributed by atoms with Crippen molar-refractivity contribution in [3.05, 3.63) is 53.1 Å². The van der Waals surface area contributed by atoms with Crippen LogP contribution in [0.5, 0.6) is 11.5 Å². The van der Waals surface area contributed by atoms with Crippen LogP contribution in [0, 0.1) is 6.92 Å². The molecule has 0 aliphatic heterocycles. The Bertz CT molecular complexity index is 778. The van der Waals surface area contributed by atoms with Crippen molar-refractivity contribution >= 4 is 29.2 Å². The van der Waals surface area contributed by atoms with Gasteiger partial charge in [0.15, 0.2) is 12.7 Å². The third-order valence-corrected chi connectivity index (χ3v) is 3.53. The first-order chi connectivity index (χ1) is 11.8. The molecule has 1 atom stereocenters. The van der Waals surface area contributed by atoms with E-state index in [-0.39, 0.29) is 5.91 Å². The van der Waals surface area contributed by atoms with Gasteiger partial charge in [-0.2, -0.15) is 0 Å². The Morgan fingerprint density at radius 1 is 1.20 bits per heavy atom. The minimum atomic E-state index is -1.05. The fourth-order valence-corrected chi connectivity index (χ4v) is 2.22. The maximum Gasteiger partial charge on any atom is 0.341 e. The second kappa shape index (κ2) is 8.39. The molecule has 0 bridgehead atoms. The minimum absolute atomic E-state index is 0.317. The number of aryl methyl sites for hydroxylation is 1. The van der Waals surface area contributed by atoms with Gasteiger partial charge < -0.3 is 19.9 Å². The number of carboxylic acids is 1. The van der Waals surface area contributed by atoms with Gasteiger partial charge in [-0.05, 0) is 55.8 Å². The van der Waals surface area contributed by atoms with Gasteiger partial charge in [0.05, 0.1) is 0 Å². The lowest BCUT2D eigenvalue weighted by molar-refractivity contribution is -0.139. The summed E-state index contributed by atoms with van der Waals surface area (Å²) in [4.78, 5) is 22.8. The molecule has 2 N–H and O–H groups in total. The number of carbonyl (C=O) groups excluding carboxylic acids is 1. The van der Waals surface area contributed by atoms with Gasteiger partial charge in [-0.1, -0.05) is 17.7 Å². The van der Waals surface area contributed by atoms with Gasteiger partial charge in [-0.15, -0.1) is 0 Å². The van der Waals surface area contributed by atoms with Crippen LogP contribution >= 0.6 is 11.6 Å². The standard InChI is InChI=1S/C18H18ClNO5/c1-11-8-14(24-10-17(21)22)6-7-16(11)20-18(23)12(2)25-15-5-3-4-13(19)9-15/h3-9,12H,10H2,1-2H3,(H,20,23)(H,21,22). The smallest absolute Gasteiger partial charge is 0.341 e. The van der Waals surface area contributed by atoms with E-state index in [0.29, 0.717) is 22.2 Å². The average Bonchev–Trinajstić information content (AvgIpc) is 2.55. The molecule has 0 aromatic heterocycles. The number of carboxylic acid groups (broad SMARTS) is 1. The summed E-state index contributed by atoms with van der Waals surface area (Å²) in [5, 5.41) is 11.9. The number of aliphatic carboxylic acids is 1. The number of ether oxygens (including phenoxy) is 2. The predicted octanol–water partition coefficient (Wildman–Crippen LogP) is 3.52. The molecular weight excluding hydrogens is 346 g/mol. The molecule has 0 fully saturated rings. The highest BCUT2D eigenvalue weighted by atomic mass is 35.5. The summed E-state index contributed by atoms with van der Waals surface area (Å²) in [5.74, 6) is -0.449. The Balaban J connectivity index is 1.98. The van der Waals surface area contributed by atoms with Crippen molar-refractivity contribution in [2.75, 3.05) is 11.9 Å². The van der Waals surface area contributed by atoms with Crippen molar-refractivity contribution in [3.8, 4) is 11.5 Å². The van der Waals surface area contributed by atoms with E-state index in [2.05, 4.69) is 5.32 Å². The largest absolute Gasteiger partial charge is 0.482 e. The molecule has 0 radical (unpaired) electrons. The van der Waals surface area contributed by atoms with Crippen LogP contribution in [0.4, 0.5) is 5.69 Å². The molecule has 6 nitrogen and oxygen atoms in total. The van der Waals surface area contributed by atoms with E-state index >= 15 is 0 Å². The van der Waals surface area contributed by atoms with E-state index in [9.17, 15) is 9.59 Å². The topological polar surface area (TPSA) is 84.9 Å². The van der Waals surface area contributed by atoms with Crippen LogP contribution in [-0.2, 0) is 9.59 Å². The zero-order valence-electron chi connectivity index (χ0n) is 13.8. The van der Waals surface area contributed by atoms with E-state index in [1.807, 2.05) is 0 Å². The number of anilines is 1. The second-order valence-corrected chi connectivity index (χ2v) is 5.80. The van der Waals surface area contributed by atoms with E-state index in [0.717, 1.165) is 5.56 Å². The lowest BCUT2D eigenvalue weighted by Crippen LogP contribution is -2.30. The Hall–Kier alpha value is -2.73. The molecule has 2 aromatic rings. The summed E-state index contributed by atoms with van der Waals surface area (Å²) in [6, 6.07) is 11.7. The van der Waals surface area contributed by atoms with Gasteiger partial charge >= 0.3 is 5.97 Å². The van der Waals surface area contributed by atoms with Gasteiger partial charge in [0, 0.05) is 10.7 Å². The number of nitrogens with one attached hydrogen (secondary N) is 1. The molecular formula is C18H18ClNO5. The van der Waals surface area contributed by atoms with Crippen molar-refractivity contribution < 1.29 is 24.2 Å². The molecule has 0 heterocycles. The van der Waals surface area contributed by atoms with E-state index in [1.54, 1.807) is 56.3 Å². The van der Waals surface area contributed by atoms with Crippen LogP contribution in [0.1, 0.15) is 12.5 Å². The fourth-order valence-electron chi connectivity index (χ4n) is 2.04. The zero-order valence-corrected chi connectivity index (χ0v) is 14.5. The van der Waals surface area contributed by atoms with Crippen molar-refractivity contribution in [1.29, 1.82) is 0 Å². The van der Waals surface area contributed by atoms with Crippen LogP contribution in [-0.4, -0.2) is 29.7 Å².